The molecule has 5 nitrogen and oxygen atoms in total. The molecule has 0 atom stereocenters. The maximum atomic E-state index is 11.8. The summed E-state index contributed by atoms with van der Waals surface area (Å²) in [7, 11) is 1.57. The van der Waals surface area contributed by atoms with Gasteiger partial charge in [-0.25, -0.2) is 4.79 Å². The van der Waals surface area contributed by atoms with Crippen LogP contribution in [-0.2, 0) is 20.7 Å². The van der Waals surface area contributed by atoms with Gasteiger partial charge < -0.3 is 14.8 Å². The van der Waals surface area contributed by atoms with E-state index in [2.05, 4.69) is 5.32 Å². The van der Waals surface area contributed by atoms with Crippen molar-refractivity contribution in [1.29, 1.82) is 0 Å². The van der Waals surface area contributed by atoms with Crippen molar-refractivity contribution in [3.63, 3.8) is 0 Å². The van der Waals surface area contributed by atoms with Gasteiger partial charge in [-0.2, -0.15) is 0 Å². The second kappa shape index (κ2) is 10.6. The Morgan fingerprint density at radius 2 is 1.96 bits per heavy atom. The highest BCUT2D eigenvalue weighted by Gasteiger charge is 2.06. The van der Waals surface area contributed by atoms with E-state index in [1.807, 2.05) is 12.1 Å². The van der Waals surface area contributed by atoms with Gasteiger partial charge >= 0.3 is 5.97 Å². The highest BCUT2D eigenvalue weighted by atomic mass is 35.5. The standard InChI is InChI=1S/C20H19Cl2NO4/c1-26-17-4-2-3-14(11-17)5-8-20(25)27-13-19(24)23-10-9-15-6-7-16(21)12-18(15)22/h2-8,11-12H,9-10,13H2,1H3,(H,23,24). The number of methoxy groups -OCH3 is 1. The predicted molar refractivity (Wildman–Crippen MR) is 106 cm³/mol. The Morgan fingerprint density at radius 1 is 1.15 bits per heavy atom. The largest absolute Gasteiger partial charge is 0.497 e. The molecule has 142 valence electrons. The number of hydrogen-bond acceptors (Lipinski definition) is 4. The van der Waals surface area contributed by atoms with Crippen molar-refractivity contribution in [2.24, 2.45) is 0 Å². The lowest BCUT2D eigenvalue weighted by molar-refractivity contribution is -0.143. The summed E-state index contributed by atoms with van der Waals surface area (Å²) in [5, 5.41) is 3.77. The fourth-order valence-corrected chi connectivity index (χ4v) is 2.71. The average Bonchev–Trinajstić information content (AvgIpc) is 2.66. The minimum atomic E-state index is -0.603. The number of carbonyl (C=O) groups is 2. The normalized spacial score (nSPS) is 10.6. The van der Waals surface area contributed by atoms with Gasteiger partial charge in [-0.3, -0.25) is 4.79 Å². The molecule has 0 aliphatic carbocycles. The second-order valence-corrected chi connectivity index (χ2v) is 6.40. The summed E-state index contributed by atoms with van der Waals surface area (Å²) in [6.07, 6.45) is 3.40. The van der Waals surface area contributed by atoms with Crippen LogP contribution >= 0.6 is 23.2 Å². The fourth-order valence-electron chi connectivity index (χ4n) is 2.21. The molecule has 1 N–H and O–H groups in total. The van der Waals surface area contributed by atoms with E-state index in [1.54, 1.807) is 43.5 Å². The molecule has 0 spiro atoms. The number of esters is 1. The van der Waals surface area contributed by atoms with Crippen LogP contribution in [0.4, 0.5) is 0 Å². The van der Waals surface area contributed by atoms with Crippen LogP contribution in [0.1, 0.15) is 11.1 Å². The van der Waals surface area contributed by atoms with E-state index < -0.39 is 5.97 Å². The van der Waals surface area contributed by atoms with Crippen LogP contribution < -0.4 is 10.1 Å². The van der Waals surface area contributed by atoms with Crippen molar-refractivity contribution < 1.29 is 19.1 Å². The summed E-state index contributed by atoms with van der Waals surface area (Å²) in [6, 6.07) is 12.4. The zero-order chi connectivity index (χ0) is 19.6. The molecule has 0 saturated heterocycles. The van der Waals surface area contributed by atoms with E-state index in [9.17, 15) is 9.59 Å². The number of hydrogen-bond donors (Lipinski definition) is 1. The minimum absolute atomic E-state index is 0.352. The van der Waals surface area contributed by atoms with Crippen molar-refractivity contribution in [1.82, 2.24) is 5.32 Å². The van der Waals surface area contributed by atoms with Crippen molar-refractivity contribution in [2.75, 3.05) is 20.3 Å². The SMILES string of the molecule is COc1cccc(C=CC(=O)OCC(=O)NCCc2ccc(Cl)cc2Cl)c1. The topological polar surface area (TPSA) is 64.6 Å². The first kappa shape index (κ1) is 20.8. The molecule has 27 heavy (non-hydrogen) atoms. The molecular formula is C20H19Cl2NO4. The molecule has 0 unspecified atom stereocenters. The molecule has 0 heterocycles. The smallest absolute Gasteiger partial charge is 0.331 e. The van der Waals surface area contributed by atoms with Crippen LogP contribution in [0.25, 0.3) is 6.08 Å². The zero-order valence-electron chi connectivity index (χ0n) is 14.7. The van der Waals surface area contributed by atoms with E-state index >= 15 is 0 Å². The van der Waals surface area contributed by atoms with E-state index in [0.717, 1.165) is 11.1 Å². The number of ether oxygens (including phenoxy) is 2. The summed E-state index contributed by atoms with van der Waals surface area (Å²) in [5.74, 6) is -0.303. The highest BCUT2D eigenvalue weighted by molar-refractivity contribution is 6.35. The second-order valence-electron chi connectivity index (χ2n) is 5.55. The predicted octanol–water partition coefficient (Wildman–Crippen LogP) is 3.92. The number of amides is 1. The summed E-state index contributed by atoms with van der Waals surface area (Å²) in [6.45, 7) is 0.0209. The fraction of sp³-hybridized carbons (Fsp3) is 0.200. The lowest BCUT2D eigenvalue weighted by Crippen LogP contribution is -2.30. The number of carbonyl (C=O) groups excluding carboxylic acids is 2. The Labute approximate surface area is 167 Å². The molecule has 0 aliphatic rings. The van der Waals surface area contributed by atoms with Gasteiger partial charge in [-0.1, -0.05) is 41.4 Å². The van der Waals surface area contributed by atoms with Gasteiger partial charge in [0.1, 0.15) is 5.75 Å². The van der Waals surface area contributed by atoms with E-state index in [-0.39, 0.29) is 12.5 Å². The van der Waals surface area contributed by atoms with Crippen molar-refractivity contribution in [3.8, 4) is 5.75 Å². The summed E-state index contributed by atoms with van der Waals surface area (Å²) >= 11 is 11.9. The molecule has 0 aliphatic heterocycles. The molecule has 0 fully saturated rings. The Balaban J connectivity index is 1.71. The molecule has 2 rings (SSSR count). The summed E-state index contributed by atoms with van der Waals surface area (Å²) in [5.41, 5.74) is 1.66. The number of benzene rings is 2. The van der Waals surface area contributed by atoms with Crippen molar-refractivity contribution in [2.45, 2.75) is 6.42 Å². The van der Waals surface area contributed by atoms with Crippen LogP contribution in [0.3, 0.4) is 0 Å². The highest BCUT2D eigenvalue weighted by Crippen LogP contribution is 2.21. The van der Waals surface area contributed by atoms with Gasteiger partial charge in [0.05, 0.1) is 7.11 Å². The van der Waals surface area contributed by atoms with Crippen LogP contribution in [0.5, 0.6) is 5.75 Å². The Hall–Kier alpha value is -2.50. The third kappa shape index (κ3) is 7.33. The monoisotopic (exact) mass is 407 g/mol. The lowest BCUT2D eigenvalue weighted by Gasteiger charge is -2.07. The quantitative estimate of drug-likeness (QED) is 0.531. The summed E-state index contributed by atoms with van der Waals surface area (Å²) in [4.78, 5) is 23.4. The summed E-state index contributed by atoms with van der Waals surface area (Å²) < 4.78 is 10.0. The molecule has 7 heteroatoms. The Bertz CT molecular complexity index is 836. The van der Waals surface area contributed by atoms with E-state index in [1.165, 1.54) is 6.08 Å². The molecule has 0 aromatic heterocycles. The number of rotatable bonds is 8. The van der Waals surface area contributed by atoms with Crippen LogP contribution in [0, 0.1) is 0 Å². The molecule has 2 aromatic rings. The van der Waals surface area contributed by atoms with Gasteiger partial charge in [0.15, 0.2) is 6.61 Å². The van der Waals surface area contributed by atoms with Crippen LogP contribution in [-0.4, -0.2) is 32.1 Å². The average molecular weight is 408 g/mol. The van der Waals surface area contributed by atoms with Gasteiger partial charge in [-0.15, -0.1) is 0 Å². The molecule has 0 radical (unpaired) electrons. The van der Waals surface area contributed by atoms with Crippen molar-refractivity contribution >= 4 is 41.2 Å². The Morgan fingerprint density at radius 3 is 2.70 bits per heavy atom. The first-order chi connectivity index (χ1) is 13.0. The van der Waals surface area contributed by atoms with E-state index in [4.69, 9.17) is 32.7 Å². The molecule has 0 bridgehead atoms. The van der Waals surface area contributed by atoms with Gasteiger partial charge in [0.2, 0.25) is 0 Å². The maximum Gasteiger partial charge on any atom is 0.331 e. The number of halogens is 2. The molecule has 2 aromatic carbocycles. The third-order valence-corrected chi connectivity index (χ3v) is 4.17. The van der Waals surface area contributed by atoms with Crippen LogP contribution in [0.15, 0.2) is 48.5 Å². The zero-order valence-corrected chi connectivity index (χ0v) is 16.2. The van der Waals surface area contributed by atoms with E-state index in [0.29, 0.717) is 28.8 Å². The van der Waals surface area contributed by atoms with Crippen molar-refractivity contribution in [3.05, 3.63) is 69.7 Å². The molecular weight excluding hydrogens is 389 g/mol. The van der Waals surface area contributed by atoms with Gasteiger partial charge in [0.25, 0.3) is 5.91 Å². The first-order valence-electron chi connectivity index (χ1n) is 8.17. The first-order valence-corrected chi connectivity index (χ1v) is 8.93. The number of nitrogens with one attached hydrogen (secondary N) is 1. The van der Waals surface area contributed by atoms with Gasteiger partial charge in [0, 0.05) is 22.7 Å². The van der Waals surface area contributed by atoms with Crippen LogP contribution in [0.2, 0.25) is 10.0 Å². The van der Waals surface area contributed by atoms with Gasteiger partial charge in [-0.05, 0) is 47.9 Å². The maximum absolute atomic E-state index is 11.8. The third-order valence-electron chi connectivity index (χ3n) is 3.58. The molecule has 1 amide bonds. The molecule has 0 saturated carbocycles. The Kier molecular flexibility index (Phi) is 8.17. The lowest BCUT2D eigenvalue weighted by atomic mass is 10.1. The minimum Gasteiger partial charge on any atom is -0.497 e.